The first-order valence-corrected chi connectivity index (χ1v) is 12.3. The highest BCUT2D eigenvalue weighted by molar-refractivity contribution is 7.86. The third kappa shape index (κ3) is 6.35. The van der Waals surface area contributed by atoms with Gasteiger partial charge in [-0.05, 0) is 29.9 Å². The molecule has 0 amide bonds. The number of fused-ring (bicyclic) bond motifs is 1. The molecule has 0 saturated heterocycles. The molecular formula is C20H24F6O3S2. The van der Waals surface area contributed by atoms with Gasteiger partial charge in [0.15, 0.2) is 19.7 Å². The molecule has 176 valence electrons. The van der Waals surface area contributed by atoms with Gasteiger partial charge in [-0.25, -0.2) is 8.42 Å². The SMILES string of the molecule is CC(C)(C)c1ccc2cc(C3CCCCC3)[s+](C(F)(F)F)c2c1.O=S(=O)([O-])C(F)(F)F. The fourth-order valence-electron chi connectivity index (χ4n) is 3.57. The maximum Gasteiger partial charge on any atom is 0.600 e. The predicted molar refractivity (Wildman–Crippen MR) is 108 cm³/mol. The van der Waals surface area contributed by atoms with E-state index in [9.17, 15) is 26.3 Å². The van der Waals surface area contributed by atoms with Gasteiger partial charge in [0.1, 0.15) is 0 Å². The van der Waals surface area contributed by atoms with Crippen LogP contribution >= 0.6 is 10.5 Å². The molecule has 3 nitrogen and oxygen atoms in total. The van der Waals surface area contributed by atoms with Crippen LogP contribution in [0.3, 0.4) is 0 Å². The minimum Gasteiger partial charge on any atom is -0.741 e. The second kappa shape index (κ2) is 8.90. The summed E-state index contributed by atoms with van der Waals surface area (Å²) >= 11 is 0. The second-order valence-electron chi connectivity index (χ2n) is 8.54. The van der Waals surface area contributed by atoms with Gasteiger partial charge < -0.3 is 4.55 Å². The first-order chi connectivity index (χ1) is 13.9. The molecular weight excluding hydrogens is 466 g/mol. The van der Waals surface area contributed by atoms with Gasteiger partial charge in [0.25, 0.3) is 0 Å². The van der Waals surface area contributed by atoms with Gasteiger partial charge in [-0.1, -0.05) is 46.1 Å². The molecule has 0 radical (unpaired) electrons. The average Bonchev–Trinajstić information content (AvgIpc) is 2.99. The molecule has 1 atom stereocenters. The maximum atomic E-state index is 13.8. The van der Waals surface area contributed by atoms with E-state index in [1.165, 1.54) is 0 Å². The number of halogens is 6. The van der Waals surface area contributed by atoms with E-state index in [1.54, 1.807) is 6.07 Å². The summed E-state index contributed by atoms with van der Waals surface area (Å²) in [6.07, 6.45) is 5.09. The van der Waals surface area contributed by atoms with Crippen molar-refractivity contribution >= 4 is 30.7 Å². The Labute approximate surface area is 180 Å². The maximum absolute atomic E-state index is 13.8. The third-order valence-corrected chi connectivity index (χ3v) is 7.90. The average molecular weight is 491 g/mol. The molecule has 1 aromatic carbocycles. The van der Waals surface area contributed by atoms with Crippen LogP contribution in [0.25, 0.3) is 10.1 Å². The van der Waals surface area contributed by atoms with Crippen LogP contribution in [0, 0.1) is 0 Å². The topological polar surface area (TPSA) is 57.2 Å². The fourth-order valence-corrected chi connectivity index (χ4v) is 5.76. The smallest absolute Gasteiger partial charge is 0.600 e. The van der Waals surface area contributed by atoms with Crippen molar-refractivity contribution < 1.29 is 39.3 Å². The molecule has 1 unspecified atom stereocenters. The Morgan fingerprint density at radius 3 is 1.87 bits per heavy atom. The molecule has 11 heteroatoms. The molecule has 0 spiro atoms. The van der Waals surface area contributed by atoms with Crippen LogP contribution in [-0.2, 0) is 21.0 Å². The summed E-state index contributed by atoms with van der Waals surface area (Å²) in [7, 11) is -7.83. The Hall–Kier alpha value is -1.33. The minimum absolute atomic E-state index is 0.110. The number of thiophene rings is 1. The van der Waals surface area contributed by atoms with Crippen molar-refractivity contribution in [2.45, 2.75) is 75.2 Å². The van der Waals surface area contributed by atoms with Gasteiger partial charge in [0.2, 0.25) is 0 Å². The van der Waals surface area contributed by atoms with E-state index in [1.807, 2.05) is 39.0 Å². The van der Waals surface area contributed by atoms with Crippen molar-refractivity contribution in [2.75, 3.05) is 0 Å². The molecule has 0 N–H and O–H groups in total. The Kier molecular flexibility index (Phi) is 7.44. The van der Waals surface area contributed by atoms with Crippen molar-refractivity contribution in [3.8, 4) is 0 Å². The normalized spacial score (nSPS) is 17.4. The molecule has 1 aliphatic rings. The van der Waals surface area contributed by atoms with Gasteiger partial charge in [-0.2, -0.15) is 13.2 Å². The monoisotopic (exact) mass is 490 g/mol. The first-order valence-electron chi connectivity index (χ1n) is 9.62. The van der Waals surface area contributed by atoms with Crippen LogP contribution in [0.2, 0.25) is 0 Å². The summed E-state index contributed by atoms with van der Waals surface area (Å²) < 4.78 is 101. The lowest BCUT2D eigenvalue weighted by atomic mass is 9.86. The zero-order valence-corrected chi connectivity index (χ0v) is 18.9. The molecule has 0 bridgehead atoms. The number of alkyl halides is 6. The quantitative estimate of drug-likeness (QED) is 0.180. The van der Waals surface area contributed by atoms with E-state index < -0.39 is 31.6 Å². The Bertz CT molecular complexity index is 1010. The largest absolute Gasteiger partial charge is 0.741 e. The lowest BCUT2D eigenvalue weighted by molar-refractivity contribution is -0.0868. The molecule has 1 aromatic heterocycles. The van der Waals surface area contributed by atoms with Gasteiger partial charge in [-0.15, -0.1) is 13.2 Å². The molecule has 3 rings (SSSR count). The minimum atomic E-state index is -6.09. The van der Waals surface area contributed by atoms with E-state index in [0.717, 1.165) is 43.1 Å². The Balaban J connectivity index is 0.000000366. The van der Waals surface area contributed by atoms with Crippen molar-refractivity contribution in [3.63, 3.8) is 0 Å². The zero-order valence-electron chi connectivity index (χ0n) is 17.2. The summed E-state index contributed by atoms with van der Waals surface area (Å²) in [4.78, 5) is 0.637. The fraction of sp³-hybridized carbons (Fsp3) is 0.600. The Morgan fingerprint density at radius 2 is 1.45 bits per heavy atom. The second-order valence-corrected chi connectivity index (χ2v) is 11.9. The molecule has 0 aliphatic heterocycles. The number of hydrogen-bond acceptors (Lipinski definition) is 3. The van der Waals surface area contributed by atoms with Gasteiger partial charge >= 0.3 is 11.0 Å². The third-order valence-electron chi connectivity index (χ3n) is 5.16. The highest BCUT2D eigenvalue weighted by atomic mass is 32.2. The van der Waals surface area contributed by atoms with Crippen LogP contribution in [0.4, 0.5) is 26.3 Å². The molecule has 1 heterocycles. The zero-order chi connectivity index (χ0) is 23.8. The van der Waals surface area contributed by atoms with E-state index in [2.05, 4.69) is 0 Å². The van der Waals surface area contributed by atoms with Crippen LogP contribution in [-0.4, -0.2) is 18.5 Å². The summed E-state index contributed by atoms with van der Waals surface area (Å²) in [5.41, 5.74) is -8.97. The molecule has 31 heavy (non-hydrogen) atoms. The standard InChI is InChI=1S/C19H24F3S.CHF3O3S/c1-18(2,3)15-10-9-14-11-16(13-7-5-4-6-8-13)23(17(14)12-15)19(20,21)22;2-1(3,4)8(5,6)7/h9-13H,4-8H2,1-3H3;(H,5,6,7)/q+1;/p-1. The van der Waals surface area contributed by atoms with Crippen molar-refractivity contribution in [3.05, 3.63) is 34.7 Å². The van der Waals surface area contributed by atoms with E-state index in [4.69, 9.17) is 13.0 Å². The molecule has 1 aliphatic carbocycles. The number of hydrogen-bond donors (Lipinski definition) is 0. The summed E-state index contributed by atoms with van der Waals surface area (Å²) in [6, 6.07) is 7.52. The van der Waals surface area contributed by atoms with Crippen molar-refractivity contribution in [2.24, 2.45) is 0 Å². The van der Waals surface area contributed by atoms with Crippen LogP contribution in [0.5, 0.6) is 0 Å². The first kappa shape index (κ1) is 25.9. The van der Waals surface area contributed by atoms with Crippen molar-refractivity contribution in [1.82, 2.24) is 0 Å². The molecule has 2 aromatic rings. The number of benzene rings is 1. The highest BCUT2D eigenvalue weighted by Crippen LogP contribution is 2.55. The number of rotatable bonds is 1. The van der Waals surface area contributed by atoms with Gasteiger partial charge in [-0.3, -0.25) is 0 Å². The van der Waals surface area contributed by atoms with E-state index >= 15 is 0 Å². The Morgan fingerprint density at radius 1 is 0.935 bits per heavy atom. The predicted octanol–water partition coefficient (Wildman–Crippen LogP) is 7.46. The van der Waals surface area contributed by atoms with Crippen LogP contribution < -0.4 is 0 Å². The van der Waals surface area contributed by atoms with Crippen LogP contribution in [0.1, 0.15) is 69.2 Å². The van der Waals surface area contributed by atoms with Gasteiger partial charge in [0, 0.05) is 23.4 Å². The summed E-state index contributed by atoms with van der Waals surface area (Å²) in [6.45, 7) is 6.14. The van der Waals surface area contributed by atoms with Crippen LogP contribution in [0.15, 0.2) is 24.3 Å². The van der Waals surface area contributed by atoms with Gasteiger partial charge in [0.05, 0.1) is 10.5 Å². The lowest BCUT2D eigenvalue weighted by Gasteiger charge is -2.19. The highest BCUT2D eigenvalue weighted by Gasteiger charge is 2.49. The molecule has 1 fully saturated rings. The molecule has 1 saturated carbocycles. The summed E-state index contributed by atoms with van der Waals surface area (Å²) in [5.74, 6) is 0.110. The lowest BCUT2D eigenvalue weighted by Crippen LogP contribution is -2.21. The van der Waals surface area contributed by atoms with Crippen molar-refractivity contribution in [1.29, 1.82) is 0 Å². The van der Waals surface area contributed by atoms with E-state index in [-0.39, 0.29) is 11.3 Å². The van der Waals surface area contributed by atoms with E-state index in [0.29, 0.717) is 9.58 Å². The summed E-state index contributed by atoms with van der Waals surface area (Å²) in [5, 5.41) is 0.777.